The summed E-state index contributed by atoms with van der Waals surface area (Å²) in [5, 5.41) is 0. The first-order valence-corrected chi connectivity index (χ1v) is 8.06. The van der Waals surface area contributed by atoms with Gasteiger partial charge >= 0.3 is 5.97 Å². The smallest absolute Gasteiger partial charge is 0.363 e. The normalized spacial score (nSPS) is 14.6. The minimum Gasteiger partial charge on any atom is -0.497 e. The number of benzene rings is 2. The molecule has 7 nitrogen and oxygen atoms in total. The first-order valence-electron chi connectivity index (χ1n) is 8.06. The number of nitrogens with zero attached hydrogens (tertiary/aromatic N) is 1. The number of ether oxygens (including phenoxy) is 5. The van der Waals surface area contributed by atoms with Crippen LogP contribution in [0.5, 0.6) is 23.0 Å². The van der Waals surface area contributed by atoms with Gasteiger partial charge in [-0.15, -0.1) is 0 Å². The third kappa shape index (κ3) is 3.72. The molecule has 0 N–H and O–H groups in total. The number of rotatable bonds is 6. The third-order valence-corrected chi connectivity index (χ3v) is 3.98. The Labute approximate surface area is 156 Å². The molecule has 1 aliphatic heterocycles. The zero-order valence-electron chi connectivity index (χ0n) is 15.4. The Kier molecular flexibility index (Phi) is 5.30. The van der Waals surface area contributed by atoms with E-state index in [-0.39, 0.29) is 11.6 Å². The van der Waals surface area contributed by atoms with E-state index < -0.39 is 5.97 Å². The van der Waals surface area contributed by atoms with Gasteiger partial charge in [0.1, 0.15) is 11.5 Å². The van der Waals surface area contributed by atoms with Crippen molar-refractivity contribution < 1.29 is 28.5 Å². The predicted octanol–water partition coefficient (Wildman–Crippen LogP) is 3.07. The number of cyclic esters (lactones) is 1. The Morgan fingerprint density at radius 2 is 1.59 bits per heavy atom. The minimum absolute atomic E-state index is 0.170. The molecule has 0 saturated heterocycles. The molecule has 2 aromatic rings. The monoisotopic (exact) mass is 369 g/mol. The van der Waals surface area contributed by atoms with Crippen LogP contribution in [0.1, 0.15) is 11.1 Å². The molecule has 0 atom stereocenters. The van der Waals surface area contributed by atoms with Crippen LogP contribution in [0.3, 0.4) is 0 Å². The maximum atomic E-state index is 12.2. The van der Waals surface area contributed by atoms with Crippen LogP contribution in [0.2, 0.25) is 0 Å². The average Bonchev–Trinajstić information content (AvgIpc) is 3.08. The van der Waals surface area contributed by atoms with Crippen LogP contribution in [0.4, 0.5) is 0 Å². The van der Waals surface area contributed by atoms with Gasteiger partial charge in [-0.05, 0) is 36.4 Å². The van der Waals surface area contributed by atoms with E-state index in [1.54, 1.807) is 63.8 Å². The summed E-state index contributed by atoms with van der Waals surface area (Å²) in [7, 11) is 6.20. The van der Waals surface area contributed by atoms with Gasteiger partial charge in [-0.1, -0.05) is 0 Å². The van der Waals surface area contributed by atoms with Gasteiger partial charge < -0.3 is 23.7 Å². The molecule has 0 spiro atoms. The summed E-state index contributed by atoms with van der Waals surface area (Å²) in [4.78, 5) is 16.5. The zero-order chi connectivity index (χ0) is 19.4. The first-order chi connectivity index (χ1) is 13.1. The standard InChI is InChI=1S/C20H19NO6/c1-23-14-7-5-12(17(11-14)25-3)9-15-20(22)27-19(21-15)13-6-8-16(24-2)18(10-13)26-4/h5-11H,1-4H3. The van der Waals surface area contributed by atoms with Crippen molar-refractivity contribution in [3.05, 3.63) is 53.2 Å². The summed E-state index contributed by atoms with van der Waals surface area (Å²) in [6.07, 6.45) is 1.61. The molecule has 0 radical (unpaired) electrons. The van der Waals surface area contributed by atoms with Gasteiger partial charge in [-0.3, -0.25) is 0 Å². The predicted molar refractivity (Wildman–Crippen MR) is 99.7 cm³/mol. The largest absolute Gasteiger partial charge is 0.497 e. The van der Waals surface area contributed by atoms with E-state index in [0.717, 1.165) is 0 Å². The Hall–Kier alpha value is -3.48. The molecule has 0 fully saturated rings. The van der Waals surface area contributed by atoms with Crippen molar-refractivity contribution in [1.82, 2.24) is 0 Å². The van der Waals surface area contributed by atoms with E-state index in [9.17, 15) is 4.79 Å². The molecule has 0 aliphatic carbocycles. The summed E-state index contributed by atoms with van der Waals surface area (Å²) in [5.74, 6) is 1.95. The fourth-order valence-electron chi connectivity index (χ4n) is 2.59. The lowest BCUT2D eigenvalue weighted by Crippen LogP contribution is -2.06. The van der Waals surface area contributed by atoms with Crippen LogP contribution in [0.25, 0.3) is 6.08 Å². The minimum atomic E-state index is -0.544. The van der Waals surface area contributed by atoms with E-state index in [4.69, 9.17) is 23.7 Å². The number of hydrogen-bond acceptors (Lipinski definition) is 7. The highest BCUT2D eigenvalue weighted by molar-refractivity contribution is 6.13. The number of hydrogen-bond donors (Lipinski definition) is 0. The molecule has 2 aromatic carbocycles. The number of methoxy groups -OCH3 is 4. The van der Waals surface area contributed by atoms with Gasteiger partial charge in [0.25, 0.3) is 0 Å². The first kappa shape index (κ1) is 18.3. The van der Waals surface area contributed by atoms with Crippen LogP contribution in [-0.2, 0) is 9.53 Å². The van der Waals surface area contributed by atoms with E-state index in [1.807, 2.05) is 0 Å². The van der Waals surface area contributed by atoms with Crippen molar-refractivity contribution in [3.63, 3.8) is 0 Å². The van der Waals surface area contributed by atoms with Crippen molar-refractivity contribution in [2.75, 3.05) is 28.4 Å². The van der Waals surface area contributed by atoms with Crippen molar-refractivity contribution in [2.45, 2.75) is 0 Å². The summed E-state index contributed by atoms with van der Waals surface area (Å²) in [5.41, 5.74) is 1.46. The van der Waals surface area contributed by atoms with Crippen LogP contribution < -0.4 is 18.9 Å². The molecule has 7 heteroatoms. The number of esters is 1. The molecule has 0 amide bonds. The topological polar surface area (TPSA) is 75.6 Å². The van der Waals surface area contributed by atoms with Crippen molar-refractivity contribution in [2.24, 2.45) is 4.99 Å². The number of aliphatic imine (C=N–C) groups is 1. The lowest BCUT2D eigenvalue weighted by Gasteiger charge is -2.08. The third-order valence-electron chi connectivity index (χ3n) is 3.98. The quantitative estimate of drug-likeness (QED) is 0.575. The van der Waals surface area contributed by atoms with Gasteiger partial charge in [-0.2, -0.15) is 0 Å². The highest BCUT2D eigenvalue weighted by Crippen LogP contribution is 2.31. The lowest BCUT2D eigenvalue weighted by molar-refractivity contribution is -0.129. The Morgan fingerprint density at radius 1 is 0.852 bits per heavy atom. The van der Waals surface area contributed by atoms with Crippen LogP contribution >= 0.6 is 0 Å². The fraction of sp³-hybridized carbons (Fsp3) is 0.200. The van der Waals surface area contributed by atoms with Crippen LogP contribution in [0, 0.1) is 0 Å². The second-order valence-electron chi connectivity index (χ2n) is 5.51. The SMILES string of the molecule is COc1ccc(C=C2N=C(c3ccc(OC)c(OC)c3)OC2=O)c(OC)c1. The number of carbonyl (C=O) groups is 1. The summed E-state index contributed by atoms with van der Waals surface area (Å²) < 4.78 is 26.3. The molecular weight excluding hydrogens is 350 g/mol. The maximum Gasteiger partial charge on any atom is 0.363 e. The molecule has 0 unspecified atom stereocenters. The molecule has 140 valence electrons. The van der Waals surface area contributed by atoms with E-state index in [0.29, 0.717) is 34.1 Å². The molecule has 1 aliphatic rings. The summed E-state index contributed by atoms with van der Waals surface area (Å²) in [6, 6.07) is 10.4. The maximum absolute atomic E-state index is 12.2. The molecule has 0 aromatic heterocycles. The molecule has 0 bridgehead atoms. The summed E-state index contributed by atoms with van der Waals surface area (Å²) >= 11 is 0. The lowest BCUT2D eigenvalue weighted by atomic mass is 10.1. The van der Waals surface area contributed by atoms with Crippen molar-refractivity contribution in [3.8, 4) is 23.0 Å². The van der Waals surface area contributed by atoms with Crippen LogP contribution in [0.15, 0.2) is 47.1 Å². The van der Waals surface area contributed by atoms with Crippen LogP contribution in [-0.4, -0.2) is 40.3 Å². The molecule has 27 heavy (non-hydrogen) atoms. The van der Waals surface area contributed by atoms with Gasteiger partial charge in [0.15, 0.2) is 17.2 Å². The summed E-state index contributed by atoms with van der Waals surface area (Å²) in [6.45, 7) is 0. The molecule has 1 heterocycles. The second-order valence-corrected chi connectivity index (χ2v) is 5.51. The molecule has 0 saturated carbocycles. The highest BCUT2D eigenvalue weighted by Gasteiger charge is 2.25. The van der Waals surface area contributed by atoms with Crippen molar-refractivity contribution in [1.29, 1.82) is 0 Å². The fourth-order valence-corrected chi connectivity index (χ4v) is 2.59. The zero-order valence-corrected chi connectivity index (χ0v) is 15.4. The van der Waals surface area contributed by atoms with E-state index >= 15 is 0 Å². The highest BCUT2D eigenvalue weighted by atomic mass is 16.6. The molecule has 3 rings (SSSR count). The Bertz CT molecular complexity index is 932. The second kappa shape index (κ2) is 7.82. The number of carbonyl (C=O) groups excluding carboxylic acids is 1. The van der Waals surface area contributed by atoms with Gasteiger partial charge in [0.2, 0.25) is 5.90 Å². The van der Waals surface area contributed by atoms with Gasteiger partial charge in [-0.25, -0.2) is 9.79 Å². The Balaban J connectivity index is 1.96. The van der Waals surface area contributed by atoms with E-state index in [1.165, 1.54) is 7.11 Å². The van der Waals surface area contributed by atoms with Gasteiger partial charge in [0.05, 0.1) is 28.4 Å². The van der Waals surface area contributed by atoms with E-state index in [2.05, 4.69) is 4.99 Å². The van der Waals surface area contributed by atoms with Crippen molar-refractivity contribution >= 4 is 17.9 Å². The average molecular weight is 369 g/mol. The van der Waals surface area contributed by atoms with Gasteiger partial charge in [0, 0.05) is 17.2 Å². The molecular formula is C20H19NO6. The Morgan fingerprint density at radius 3 is 2.26 bits per heavy atom.